The third kappa shape index (κ3) is 1.43. The van der Waals surface area contributed by atoms with Crippen molar-refractivity contribution in [2.24, 2.45) is 0 Å². The molecule has 0 N–H and O–H groups in total. The molecule has 11 heavy (non-hydrogen) atoms. The lowest BCUT2D eigenvalue weighted by Crippen LogP contribution is -2.07. The molecule has 0 spiro atoms. The number of hydrogen-bond donors (Lipinski definition) is 0. The molecule has 1 aromatic rings. The van der Waals surface area contributed by atoms with Crippen molar-refractivity contribution in [1.82, 2.24) is 0 Å². The first-order valence-electron chi connectivity index (χ1n) is 3.83. The van der Waals surface area contributed by atoms with Crippen molar-refractivity contribution >= 4 is 6.08 Å². The fourth-order valence-electron chi connectivity index (χ4n) is 1.07. The van der Waals surface area contributed by atoms with Gasteiger partial charge in [-0.15, -0.1) is 0 Å². The van der Waals surface area contributed by atoms with Crippen LogP contribution in [0.3, 0.4) is 0 Å². The van der Waals surface area contributed by atoms with E-state index in [0.29, 0.717) is 0 Å². The molecule has 0 saturated carbocycles. The molecule has 0 unspecified atom stereocenters. The molecular formula is C10H10O. The second-order valence-corrected chi connectivity index (χ2v) is 2.62. The van der Waals surface area contributed by atoms with E-state index in [1.54, 1.807) is 0 Å². The van der Waals surface area contributed by atoms with Gasteiger partial charge in [0, 0.05) is 6.42 Å². The topological polar surface area (TPSA) is 9.23 Å². The molecule has 1 nitrogen and oxygen atoms in total. The zero-order chi connectivity index (χ0) is 7.52. The highest BCUT2D eigenvalue weighted by Gasteiger charge is 2.07. The van der Waals surface area contributed by atoms with Crippen LogP contribution in [-0.4, -0.2) is 6.61 Å². The van der Waals surface area contributed by atoms with Crippen LogP contribution < -0.4 is 0 Å². The average molecular weight is 146 g/mol. The fraction of sp³-hybridized carbons (Fsp3) is 0.200. The summed E-state index contributed by atoms with van der Waals surface area (Å²) >= 11 is 0. The molecule has 56 valence electrons. The summed E-state index contributed by atoms with van der Waals surface area (Å²) in [6.07, 6.45) is 3.18. The van der Waals surface area contributed by atoms with Gasteiger partial charge in [-0.3, -0.25) is 0 Å². The highest BCUT2D eigenvalue weighted by atomic mass is 16.5. The van der Waals surface area contributed by atoms with Crippen molar-refractivity contribution in [3.05, 3.63) is 41.7 Å². The Bertz CT molecular complexity index is 255. The zero-order valence-corrected chi connectivity index (χ0v) is 6.29. The molecule has 1 aliphatic rings. The molecule has 0 radical (unpaired) electrons. The van der Waals surface area contributed by atoms with E-state index < -0.39 is 0 Å². The van der Waals surface area contributed by atoms with Gasteiger partial charge in [0.1, 0.15) is 0 Å². The molecule has 0 bridgehead atoms. The van der Waals surface area contributed by atoms with Crippen LogP contribution in [0.25, 0.3) is 6.08 Å². The maximum absolute atomic E-state index is 5.20. The molecule has 1 fully saturated rings. The standard InChI is InChI=1S/C10H10O/c1-2-4-9(5-3-1)8-10-6-7-11-10/h1-5,8H,6-7H2. The molecule has 2 rings (SSSR count). The third-order valence-electron chi connectivity index (χ3n) is 1.76. The van der Waals surface area contributed by atoms with Crippen LogP contribution in [-0.2, 0) is 4.74 Å². The highest BCUT2D eigenvalue weighted by molar-refractivity contribution is 5.51. The van der Waals surface area contributed by atoms with Crippen molar-refractivity contribution in [2.75, 3.05) is 6.61 Å². The van der Waals surface area contributed by atoms with Crippen LogP contribution in [0, 0.1) is 0 Å². The minimum atomic E-state index is 0.888. The lowest BCUT2D eigenvalue weighted by molar-refractivity contribution is 0.122. The summed E-state index contributed by atoms with van der Waals surface area (Å²) < 4.78 is 5.20. The van der Waals surface area contributed by atoms with E-state index in [2.05, 4.69) is 18.2 Å². The van der Waals surface area contributed by atoms with Gasteiger partial charge in [0.15, 0.2) is 0 Å². The Hall–Kier alpha value is -1.24. The van der Waals surface area contributed by atoms with Gasteiger partial charge in [0.2, 0.25) is 0 Å². The number of hydrogen-bond acceptors (Lipinski definition) is 1. The smallest absolute Gasteiger partial charge is 0.0999 e. The third-order valence-corrected chi connectivity index (χ3v) is 1.76. The SMILES string of the molecule is C(=C1CCO1)c1ccccc1. The predicted octanol–water partition coefficient (Wildman–Crippen LogP) is 2.45. The molecule has 1 aromatic carbocycles. The van der Waals surface area contributed by atoms with E-state index in [4.69, 9.17) is 4.74 Å². The van der Waals surface area contributed by atoms with E-state index in [9.17, 15) is 0 Å². The highest BCUT2D eigenvalue weighted by Crippen LogP contribution is 2.18. The molecule has 1 saturated heterocycles. The van der Waals surface area contributed by atoms with E-state index in [1.165, 1.54) is 5.56 Å². The van der Waals surface area contributed by atoms with Crippen molar-refractivity contribution in [1.29, 1.82) is 0 Å². The molecule has 1 aliphatic heterocycles. The molecule has 0 amide bonds. The second-order valence-electron chi connectivity index (χ2n) is 2.62. The van der Waals surface area contributed by atoms with Gasteiger partial charge in [0.05, 0.1) is 12.4 Å². The summed E-state index contributed by atoms with van der Waals surface area (Å²) in [7, 11) is 0. The predicted molar refractivity (Wildman–Crippen MR) is 45.0 cm³/mol. The number of ether oxygens (including phenoxy) is 1. The monoisotopic (exact) mass is 146 g/mol. The van der Waals surface area contributed by atoms with Crippen LogP contribution in [0.1, 0.15) is 12.0 Å². The Morgan fingerprint density at radius 2 is 1.91 bits per heavy atom. The van der Waals surface area contributed by atoms with E-state index in [-0.39, 0.29) is 0 Å². The number of benzene rings is 1. The molecule has 1 heterocycles. The van der Waals surface area contributed by atoms with Crippen LogP contribution >= 0.6 is 0 Å². The van der Waals surface area contributed by atoms with Crippen molar-refractivity contribution in [3.63, 3.8) is 0 Å². The quantitative estimate of drug-likeness (QED) is 0.591. The molecule has 0 aromatic heterocycles. The maximum Gasteiger partial charge on any atom is 0.0999 e. The first-order valence-corrected chi connectivity index (χ1v) is 3.83. The Morgan fingerprint density at radius 1 is 1.18 bits per heavy atom. The number of rotatable bonds is 1. The minimum Gasteiger partial charge on any atom is -0.497 e. The summed E-state index contributed by atoms with van der Waals surface area (Å²) in [5.41, 5.74) is 1.22. The largest absolute Gasteiger partial charge is 0.497 e. The Kier molecular flexibility index (Phi) is 1.64. The first-order chi connectivity index (χ1) is 5.45. The van der Waals surface area contributed by atoms with Crippen LogP contribution in [0.5, 0.6) is 0 Å². The van der Waals surface area contributed by atoms with Crippen molar-refractivity contribution in [3.8, 4) is 0 Å². The van der Waals surface area contributed by atoms with Gasteiger partial charge in [-0.05, 0) is 11.6 Å². The molecule has 0 aliphatic carbocycles. The van der Waals surface area contributed by atoms with Gasteiger partial charge < -0.3 is 4.74 Å². The Morgan fingerprint density at radius 3 is 2.45 bits per heavy atom. The zero-order valence-electron chi connectivity index (χ0n) is 6.29. The maximum atomic E-state index is 5.20. The van der Waals surface area contributed by atoms with Gasteiger partial charge in [-0.2, -0.15) is 0 Å². The lowest BCUT2D eigenvalue weighted by atomic mass is 10.1. The van der Waals surface area contributed by atoms with Gasteiger partial charge in [0.25, 0.3) is 0 Å². The van der Waals surface area contributed by atoms with E-state index >= 15 is 0 Å². The van der Waals surface area contributed by atoms with Gasteiger partial charge >= 0.3 is 0 Å². The second kappa shape index (κ2) is 2.79. The lowest BCUT2D eigenvalue weighted by Gasteiger charge is -2.18. The first kappa shape index (κ1) is 6.47. The molecule has 0 atom stereocenters. The van der Waals surface area contributed by atoms with Gasteiger partial charge in [-0.1, -0.05) is 30.3 Å². The average Bonchev–Trinajstić information content (AvgIpc) is 1.99. The molecule has 1 heteroatoms. The van der Waals surface area contributed by atoms with E-state index in [0.717, 1.165) is 18.8 Å². The van der Waals surface area contributed by atoms with Crippen LogP contribution in [0.2, 0.25) is 0 Å². The van der Waals surface area contributed by atoms with E-state index in [1.807, 2.05) is 18.2 Å². The van der Waals surface area contributed by atoms with Crippen molar-refractivity contribution in [2.45, 2.75) is 6.42 Å². The summed E-state index contributed by atoms with van der Waals surface area (Å²) in [5.74, 6) is 1.11. The summed E-state index contributed by atoms with van der Waals surface area (Å²) in [6, 6.07) is 10.2. The van der Waals surface area contributed by atoms with Crippen LogP contribution in [0.15, 0.2) is 36.1 Å². The van der Waals surface area contributed by atoms with Gasteiger partial charge in [-0.25, -0.2) is 0 Å². The Labute approximate surface area is 66.3 Å². The minimum absolute atomic E-state index is 0.888. The molecular weight excluding hydrogens is 136 g/mol. The normalized spacial score (nSPS) is 19.1. The fourth-order valence-corrected chi connectivity index (χ4v) is 1.07. The summed E-state index contributed by atoms with van der Waals surface area (Å²) in [6.45, 7) is 0.888. The summed E-state index contributed by atoms with van der Waals surface area (Å²) in [4.78, 5) is 0. The van der Waals surface area contributed by atoms with Crippen molar-refractivity contribution < 1.29 is 4.74 Å². The van der Waals surface area contributed by atoms with Crippen LogP contribution in [0.4, 0.5) is 0 Å². The Balaban J connectivity index is 2.17. The summed E-state index contributed by atoms with van der Waals surface area (Å²) in [5, 5.41) is 0.